The second-order valence-corrected chi connectivity index (χ2v) is 6.21. The molecular formula is C16H22Cl2F3N3O2. The summed E-state index contributed by atoms with van der Waals surface area (Å²) in [6.45, 7) is 2.44. The maximum atomic E-state index is 13.2. The molecule has 26 heavy (non-hydrogen) atoms. The molecule has 1 unspecified atom stereocenters. The van der Waals surface area contributed by atoms with Crippen molar-refractivity contribution in [3.8, 4) is 5.75 Å². The lowest BCUT2D eigenvalue weighted by Gasteiger charge is -2.35. The third-order valence-corrected chi connectivity index (χ3v) is 4.45. The summed E-state index contributed by atoms with van der Waals surface area (Å²) >= 11 is 5.95. The Balaban J connectivity index is 0.00000338. The molecule has 148 valence electrons. The molecule has 0 radical (unpaired) electrons. The van der Waals surface area contributed by atoms with E-state index in [0.717, 1.165) is 0 Å². The first-order valence-electron chi connectivity index (χ1n) is 7.95. The summed E-state index contributed by atoms with van der Waals surface area (Å²) in [5, 5.41) is 5.81. The molecular weight excluding hydrogens is 394 g/mol. The average Bonchev–Trinajstić information content (AvgIpc) is 2.56. The average molecular weight is 416 g/mol. The monoisotopic (exact) mass is 415 g/mol. The lowest BCUT2D eigenvalue weighted by atomic mass is 10.2. The predicted molar refractivity (Wildman–Crippen MR) is 96.2 cm³/mol. The van der Waals surface area contributed by atoms with Gasteiger partial charge >= 0.3 is 6.18 Å². The van der Waals surface area contributed by atoms with Gasteiger partial charge in [-0.05, 0) is 19.1 Å². The van der Waals surface area contributed by atoms with E-state index in [0.29, 0.717) is 29.4 Å². The molecule has 1 saturated heterocycles. The lowest BCUT2D eigenvalue weighted by Crippen LogP contribution is -2.57. The molecule has 1 fully saturated rings. The van der Waals surface area contributed by atoms with Gasteiger partial charge in [0.05, 0.1) is 0 Å². The number of hydrogen-bond donors (Lipinski definition) is 2. The number of nitrogens with zero attached hydrogens (tertiary/aromatic N) is 1. The Morgan fingerprint density at radius 3 is 2.65 bits per heavy atom. The fourth-order valence-electron chi connectivity index (χ4n) is 2.59. The van der Waals surface area contributed by atoms with E-state index in [1.807, 2.05) is 0 Å². The second-order valence-electron chi connectivity index (χ2n) is 5.80. The van der Waals surface area contributed by atoms with Crippen molar-refractivity contribution in [1.82, 2.24) is 15.5 Å². The molecule has 0 aliphatic carbocycles. The number of benzene rings is 1. The Kier molecular flexibility index (Phi) is 8.95. The van der Waals surface area contributed by atoms with Crippen LogP contribution in [0.5, 0.6) is 5.75 Å². The molecule has 1 amide bonds. The largest absolute Gasteiger partial charge is 0.483 e. The molecule has 0 aromatic heterocycles. The van der Waals surface area contributed by atoms with Gasteiger partial charge in [0.15, 0.2) is 6.61 Å². The summed E-state index contributed by atoms with van der Waals surface area (Å²) in [7, 11) is 0. The highest BCUT2D eigenvalue weighted by Gasteiger charge is 2.43. The van der Waals surface area contributed by atoms with Gasteiger partial charge in [0.1, 0.15) is 11.8 Å². The number of carbonyl (C=O) groups is 1. The molecule has 1 heterocycles. The highest BCUT2D eigenvalue weighted by Crippen LogP contribution is 2.26. The number of nitrogens with one attached hydrogen (secondary N) is 2. The minimum atomic E-state index is -4.41. The number of halogens is 5. The van der Waals surface area contributed by atoms with Crippen molar-refractivity contribution in [2.75, 3.05) is 39.3 Å². The normalized spacial score (nSPS) is 16.5. The molecule has 5 nitrogen and oxygen atoms in total. The van der Waals surface area contributed by atoms with Crippen LogP contribution >= 0.6 is 24.0 Å². The summed E-state index contributed by atoms with van der Waals surface area (Å²) in [6, 6.07) is 3.30. The molecule has 0 bridgehead atoms. The van der Waals surface area contributed by atoms with Crippen LogP contribution in [0.4, 0.5) is 13.2 Å². The maximum absolute atomic E-state index is 13.2. The highest BCUT2D eigenvalue weighted by atomic mass is 35.5. The Bertz CT molecular complexity index is 597. The van der Waals surface area contributed by atoms with Crippen molar-refractivity contribution < 1.29 is 22.7 Å². The van der Waals surface area contributed by atoms with Crippen molar-refractivity contribution in [2.24, 2.45) is 0 Å². The van der Waals surface area contributed by atoms with Crippen LogP contribution in [0.25, 0.3) is 0 Å². The van der Waals surface area contributed by atoms with E-state index >= 15 is 0 Å². The van der Waals surface area contributed by atoms with Gasteiger partial charge in [-0.3, -0.25) is 9.69 Å². The van der Waals surface area contributed by atoms with Gasteiger partial charge in [-0.2, -0.15) is 13.2 Å². The van der Waals surface area contributed by atoms with Gasteiger partial charge < -0.3 is 15.4 Å². The number of ether oxygens (including phenoxy) is 1. The van der Waals surface area contributed by atoms with Crippen LogP contribution in [0.3, 0.4) is 0 Å². The summed E-state index contributed by atoms with van der Waals surface area (Å²) < 4.78 is 45.1. The van der Waals surface area contributed by atoms with Crippen molar-refractivity contribution in [1.29, 1.82) is 0 Å². The van der Waals surface area contributed by atoms with Crippen LogP contribution in [0.1, 0.15) is 5.56 Å². The van der Waals surface area contributed by atoms with E-state index < -0.39 is 24.7 Å². The van der Waals surface area contributed by atoms with Gasteiger partial charge in [0.2, 0.25) is 0 Å². The molecule has 2 N–H and O–H groups in total. The number of carbonyl (C=O) groups excluding carboxylic acids is 1. The molecule has 0 saturated carbocycles. The zero-order valence-electron chi connectivity index (χ0n) is 14.2. The van der Waals surface area contributed by atoms with Crippen LogP contribution in [0, 0.1) is 6.92 Å². The number of alkyl halides is 3. The Morgan fingerprint density at radius 2 is 2.04 bits per heavy atom. The molecule has 1 aromatic rings. The first kappa shape index (κ1) is 22.8. The Labute approximate surface area is 161 Å². The third kappa shape index (κ3) is 6.50. The van der Waals surface area contributed by atoms with Gasteiger partial charge in [-0.1, -0.05) is 17.7 Å². The van der Waals surface area contributed by atoms with E-state index in [4.69, 9.17) is 16.3 Å². The van der Waals surface area contributed by atoms with Crippen molar-refractivity contribution >= 4 is 29.9 Å². The molecule has 1 aromatic carbocycles. The lowest BCUT2D eigenvalue weighted by molar-refractivity contribution is -0.184. The fraction of sp³-hybridized carbons (Fsp3) is 0.562. The number of piperazine rings is 1. The molecule has 2 rings (SSSR count). The summed E-state index contributed by atoms with van der Waals surface area (Å²) in [5.41, 5.74) is 0.672. The maximum Gasteiger partial charge on any atom is 0.405 e. The number of hydrogen-bond acceptors (Lipinski definition) is 4. The Hall–Kier alpha value is -1.22. The standard InChI is InChI=1S/C16H21ClF3N3O2.ClH/c1-11-12(17)3-2-4-13(11)25-10-15(24)22-9-14(16(18,19)20)23-7-5-21-6-8-23;/h2-4,14,21H,5-10H2,1H3,(H,22,24);1H. The minimum Gasteiger partial charge on any atom is -0.483 e. The van der Waals surface area contributed by atoms with E-state index in [-0.39, 0.29) is 32.1 Å². The van der Waals surface area contributed by atoms with Crippen LogP contribution < -0.4 is 15.4 Å². The first-order chi connectivity index (χ1) is 11.8. The van der Waals surface area contributed by atoms with E-state index in [1.54, 1.807) is 25.1 Å². The summed E-state index contributed by atoms with van der Waals surface area (Å²) in [5.74, 6) is -0.180. The minimum absolute atomic E-state index is 0. The summed E-state index contributed by atoms with van der Waals surface area (Å²) in [6.07, 6.45) is -4.41. The summed E-state index contributed by atoms with van der Waals surface area (Å²) in [4.78, 5) is 13.2. The van der Waals surface area contributed by atoms with Crippen LogP contribution in [-0.2, 0) is 4.79 Å². The molecule has 1 atom stereocenters. The van der Waals surface area contributed by atoms with E-state index in [1.165, 1.54) is 4.90 Å². The van der Waals surface area contributed by atoms with Gasteiger partial charge in [-0.15, -0.1) is 12.4 Å². The van der Waals surface area contributed by atoms with E-state index in [2.05, 4.69) is 10.6 Å². The number of rotatable bonds is 6. The predicted octanol–water partition coefficient (Wildman–Crippen LogP) is 2.40. The SMILES string of the molecule is Cc1c(Cl)cccc1OCC(=O)NCC(N1CCNCC1)C(F)(F)F.Cl. The fourth-order valence-corrected chi connectivity index (χ4v) is 2.76. The van der Waals surface area contributed by atoms with E-state index in [9.17, 15) is 18.0 Å². The molecule has 0 spiro atoms. The van der Waals surface area contributed by atoms with Crippen LogP contribution in [-0.4, -0.2) is 62.4 Å². The highest BCUT2D eigenvalue weighted by molar-refractivity contribution is 6.31. The zero-order chi connectivity index (χ0) is 18.4. The van der Waals surface area contributed by atoms with Crippen LogP contribution in [0.2, 0.25) is 5.02 Å². The number of amides is 1. The molecule has 1 aliphatic rings. The Morgan fingerprint density at radius 1 is 1.38 bits per heavy atom. The first-order valence-corrected chi connectivity index (χ1v) is 8.33. The van der Waals surface area contributed by atoms with Crippen molar-refractivity contribution in [3.63, 3.8) is 0 Å². The second kappa shape index (κ2) is 10.2. The smallest absolute Gasteiger partial charge is 0.405 e. The zero-order valence-corrected chi connectivity index (χ0v) is 15.8. The van der Waals surface area contributed by atoms with Crippen LogP contribution in [0.15, 0.2) is 18.2 Å². The van der Waals surface area contributed by atoms with Gasteiger partial charge in [0, 0.05) is 43.3 Å². The topological polar surface area (TPSA) is 53.6 Å². The van der Waals surface area contributed by atoms with Crippen molar-refractivity contribution in [3.05, 3.63) is 28.8 Å². The van der Waals surface area contributed by atoms with Gasteiger partial charge in [-0.25, -0.2) is 0 Å². The third-order valence-electron chi connectivity index (χ3n) is 4.04. The van der Waals surface area contributed by atoms with Gasteiger partial charge in [0.25, 0.3) is 5.91 Å². The molecule has 1 aliphatic heterocycles. The molecule has 10 heteroatoms. The quantitative estimate of drug-likeness (QED) is 0.748. The van der Waals surface area contributed by atoms with Crippen molar-refractivity contribution in [2.45, 2.75) is 19.1 Å².